The van der Waals surface area contributed by atoms with Crippen LogP contribution >= 0.6 is 31.9 Å². The average Bonchev–Trinajstić information content (AvgIpc) is 2.78. The van der Waals surface area contributed by atoms with Crippen molar-refractivity contribution < 1.29 is 23.9 Å². The zero-order valence-electron chi connectivity index (χ0n) is 13.4. The Morgan fingerprint density at radius 2 is 1.88 bits per heavy atom. The molecular formula is C15H15Br2N3O5. The number of amides is 4. The van der Waals surface area contributed by atoms with Crippen molar-refractivity contribution >= 4 is 61.4 Å². The molecule has 25 heavy (non-hydrogen) atoms. The molecule has 4 amide bonds. The van der Waals surface area contributed by atoms with Crippen LogP contribution in [0.4, 0.5) is 10.5 Å². The SMILES string of the molecule is COC(=O)CC1NC(=O)N(CC(=O)Nc2c(Br)cc(C)cc2Br)C1=O. The second-order valence-electron chi connectivity index (χ2n) is 5.36. The molecule has 8 nitrogen and oxygen atoms in total. The summed E-state index contributed by atoms with van der Waals surface area (Å²) in [5, 5.41) is 5.00. The lowest BCUT2D eigenvalue weighted by Gasteiger charge is -2.15. The summed E-state index contributed by atoms with van der Waals surface area (Å²) in [6.45, 7) is 1.44. The lowest BCUT2D eigenvalue weighted by Crippen LogP contribution is -2.38. The maximum absolute atomic E-state index is 12.2. The van der Waals surface area contributed by atoms with E-state index in [-0.39, 0.29) is 6.42 Å². The topological polar surface area (TPSA) is 105 Å². The number of methoxy groups -OCH3 is 1. The third kappa shape index (κ3) is 4.57. The van der Waals surface area contributed by atoms with E-state index in [4.69, 9.17) is 0 Å². The smallest absolute Gasteiger partial charge is 0.325 e. The number of anilines is 1. The lowest BCUT2D eigenvalue weighted by molar-refractivity contribution is -0.143. The molecule has 2 rings (SSSR count). The number of nitrogens with one attached hydrogen (secondary N) is 2. The van der Waals surface area contributed by atoms with Crippen molar-refractivity contribution in [1.29, 1.82) is 0 Å². The number of nitrogens with zero attached hydrogens (tertiary/aromatic N) is 1. The molecule has 1 unspecified atom stereocenters. The number of halogens is 2. The number of carbonyl (C=O) groups is 4. The van der Waals surface area contributed by atoms with Gasteiger partial charge in [-0.1, -0.05) is 0 Å². The molecule has 1 saturated heterocycles. The Morgan fingerprint density at radius 1 is 1.28 bits per heavy atom. The molecule has 1 aromatic rings. The Kier molecular flexibility index (Phi) is 6.17. The van der Waals surface area contributed by atoms with Gasteiger partial charge in [0.25, 0.3) is 5.91 Å². The van der Waals surface area contributed by atoms with Gasteiger partial charge in [0.05, 0.1) is 19.2 Å². The number of aryl methyl sites for hydroxylation is 1. The number of esters is 1. The van der Waals surface area contributed by atoms with Crippen molar-refractivity contribution in [1.82, 2.24) is 10.2 Å². The molecule has 134 valence electrons. The van der Waals surface area contributed by atoms with Crippen molar-refractivity contribution in [3.63, 3.8) is 0 Å². The van der Waals surface area contributed by atoms with Crippen LogP contribution in [0.15, 0.2) is 21.1 Å². The maximum Gasteiger partial charge on any atom is 0.325 e. The van der Waals surface area contributed by atoms with Gasteiger partial charge in [0.1, 0.15) is 12.6 Å². The number of hydrogen-bond donors (Lipinski definition) is 2. The minimum atomic E-state index is -1.02. The summed E-state index contributed by atoms with van der Waals surface area (Å²) in [5.41, 5.74) is 1.48. The number of imide groups is 1. The molecule has 1 aliphatic heterocycles. The van der Waals surface area contributed by atoms with E-state index in [9.17, 15) is 19.2 Å². The molecule has 0 radical (unpaired) electrons. The summed E-state index contributed by atoms with van der Waals surface area (Å²) in [4.78, 5) is 48.3. The Morgan fingerprint density at radius 3 is 2.44 bits per heavy atom. The van der Waals surface area contributed by atoms with Crippen LogP contribution < -0.4 is 10.6 Å². The van der Waals surface area contributed by atoms with Gasteiger partial charge in [-0.3, -0.25) is 19.3 Å². The highest BCUT2D eigenvalue weighted by Gasteiger charge is 2.40. The van der Waals surface area contributed by atoms with Gasteiger partial charge >= 0.3 is 12.0 Å². The van der Waals surface area contributed by atoms with E-state index in [1.807, 2.05) is 19.1 Å². The standard InChI is InChI=1S/C15H15Br2N3O5/c1-7-3-8(16)13(9(17)4-7)19-11(21)6-20-14(23)10(18-15(20)24)5-12(22)25-2/h3-4,10H,5-6H2,1-2H3,(H,18,24)(H,19,21). The predicted octanol–water partition coefficient (Wildman–Crippen LogP) is 1.94. The Balaban J connectivity index is 2.04. The van der Waals surface area contributed by atoms with Crippen LogP contribution in [0.2, 0.25) is 0 Å². The molecule has 1 heterocycles. The van der Waals surface area contributed by atoms with Crippen molar-refractivity contribution in [2.75, 3.05) is 19.0 Å². The maximum atomic E-state index is 12.2. The van der Waals surface area contributed by atoms with Crippen LogP contribution in [0.5, 0.6) is 0 Å². The summed E-state index contributed by atoms with van der Waals surface area (Å²) >= 11 is 6.70. The van der Waals surface area contributed by atoms with E-state index >= 15 is 0 Å². The highest BCUT2D eigenvalue weighted by molar-refractivity contribution is 9.11. The first-order valence-corrected chi connectivity index (χ1v) is 8.75. The number of carbonyl (C=O) groups excluding carboxylic acids is 4. The molecule has 1 aromatic carbocycles. The molecule has 1 atom stereocenters. The number of hydrogen-bond acceptors (Lipinski definition) is 5. The van der Waals surface area contributed by atoms with Crippen molar-refractivity contribution in [3.8, 4) is 0 Å². The van der Waals surface area contributed by atoms with Crippen LogP contribution in [0, 0.1) is 6.92 Å². The van der Waals surface area contributed by atoms with Gasteiger partial charge in [0, 0.05) is 8.95 Å². The third-order valence-electron chi connectivity index (χ3n) is 3.46. The first-order chi connectivity index (χ1) is 11.7. The number of benzene rings is 1. The molecule has 0 aliphatic carbocycles. The third-order valence-corrected chi connectivity index (χ3v) is 4.71. The highest BCUT2D eigenvalue weighted by atomic mass is 79.9. The van der Waals surface area contributed by atoms with Gasteiger partial charge in [-0.2, -0.15) is 0 Å². The van der Waals surface area contributed by atoms with E-state index in [2.05, 4.69) is 47.2 Å². The number of ether oxygens (including phenoxy) is 1. The van der Waals surface area contributed by atoms with Gasteiger partial charge in [-0.05, 0) is 56.5 Å². The molecule has 1 aliphatic rings. The average molecular weight is 477 g/mol. The summed E-state index contributed by atoms with van der Waals surface area (Å²) < 4.78 is 5.80. The summed E-state index contributed by atoms with van der Waals surface area (Å²) in [6, 6.07) is 1.89. The Labute approximate surface area is 160 Å². The predicted molar refractivity (Wildman–Crippen MR) is 95.9 cm³/mol. The molecule has 0 bridgehead atoms. The Bertz CT molecular complexity index is 730. The second kappa shape index (κ2) is 7.96. The fourth-order valence-corrected chi connectivity index (χ4v) is 3.87. The van der Waals surface area contributed by atoms with Crippen molar-refractivity contribution in [3.05, 3.63) is 26.6 Å². The molecule has 0 aromatic heterocycles. The number of urea groups is 1. The molecule has 2 N–H and O–H groups in total. The summed E-state index contributed by atoms with van der Waals surface area (Å²) in [7, 11) is 1.19. The van der Waals surface area contributed by atoms with Gasteiger partial charge in [-0.15, -0.1) is 0 Å². The molecular weight excluding hydrogens is 462 g/mol. The van der Waals surface area contributed by atoms with Crippen LogP contribution in [0.25, 0.3) is 0 Å². The van der Waals surface area contributed by atoms with Gasteiger partial charge in [0.2, 0.25) is 5.91 Å². The monoisotopic (exact) mass is 475 g/mol. The molecule has 1 fully saturated rings. The second-order valence-corrected chi connectivity index (χ2v) is 7.07. The largest absolute Gasteiger partial charge is 0.469 e. The first kappa shape index (κ1) is 19.4. The Hall–Kier alpha value is -1.94. The lowest BCUT2D eigenvalue weighted by atomic mass is 10.2. The van der Waals surface area contributed by atoms with Crippen molar-refractivity contribution in [2.45, 2.75) is 19.4 Å². The van der Waals surface area contributed by atoms with E-state index in [0.29, 0.717) is 14.6 Å². The van der Waals surface area contributed by atoms with Crippen LogP contribution in [0.3, 0.4) is 0 Å². The van der Waals surface area contributed by atoms with Crippen LogP contribution in [-0.4, -0.2) is 48.4 Å². The van der Waals surface area contributed by atoms with E-state index in [0.717, 1.165) is 10.5 Å². The van der Waals surface area contributed by atoms with E-state index < -0.39 is 36.4 Å². The first-order valence-electron chi connectivity index (χ1n) is 7.17. The normalized spacial score (nSPS) is 16.6. The van der Waals surface area contributed by atoms with E-state index in [1.54, 1.807) is 0 Å². The minimum absolute atomic E-state index is 0.283. The summed E-state index contributed by atoms with van der Waals surface area (Å²) in [5.74, 6) is -1.82. The number of rotatable bonds is 5. The van der Waals surface area contributed by atoms with Gasteiger partial charge < -0.3 is 15.4 Å². The van der Waals surface area contributed by atoms with Crippen LogP contribution in [-0.2, 0) is 19.1 Å². The molecule has 0 spiro atoms. The fourth-order valence-electron chi connectivity index (χ4n) is 2.26. The van der Waals surface area contributed by atoms with E-state index in [1.165, 1.54) is 7.11 Å². The molecule has 0 saturated carbocycles. The zero-order valence-corrected chi connectivity index (χ0v) is 16.6. The minimum Gasteiger partial charge on any atom is -0.469 e. The van der Waals surface area contributed by atoms with Gasteiger partial charge in [-0.25, -0.2) is 4.79 Å². The van der Waals surface area contributed by atoms with Crippen LogP contribution in [0.1, 0.15) is 12.0 Å². The highest BCUT2D eigenvalue weighted by Crippen LogP contribution is 2.32. The summed E-state index contributed by atoms with van der Waals surface area (Å²) in [6.07, 6.45) is -0.283. The zero-order chi connectivity index (χ0) is 18.7. The quantitative estimate of drug-likeness (QED) is 0.499. The van der Waals surface area contributed by atoms with Gasteiger partial charge in [0.15, 0.2) is 0 Å². The van der Waals surface area contributed by atoms with Crippen molar-refractivity contribution in [2.24, 2.45) is 0 Å². The fraction of sp³-hybridized carbons (Fsp3) is 0.333. The molecule has 10 heteroatoms.